The Labute approximate surface area is 213 Å². The summed E-state index contributed by atoms with van der Waals surface area (Å²) in [4.78, 5) is 7.09. The number of hydrogen-bond acceptors (Lipinski definition) is 5. The normalized spacial score (nSPS) is 15.6. The van der Waals surface area contributed by atoms with E-state index in [1.54, 1.807) is 14.2 Å². The summed E-state index contributed by atoms with van der Waals surface area (Å²) in [7, 11) is 3.35. The molecule has 0 aliphatic carbocycles. The van der Waals surface area contributed by atoms with Gasteiger partial charge in [-0.25, -0.2) is 0 Å². The van der Waals surface area contributed by atoms with Crippen LogP contribution in [0.5, 0.6) is 11.5 Å². The van der Waals surface area contributed by atoms with Gasteiger partial charge in [0.15, 0.2) is 0 Å². The monoisotopic (exact) mass is 482 g/mol. The second-order valence-electron chi connectivity index (χ2n) is 9.62. The SMILES string of the molecule is COc1cc(COCC2(c3ccccc3)CCN(Cc3ccnc4ccccc34)CC2)cc(OC)c1. The maximum atomic E-state index is 6.39. The van der Waals surface area contributed by atoms with Crippen molar-refractivity contribution in [2.75, 3.05) is 33.9 Å². The molecule has 1 fully saturated rings. The molecule has 0 atom stereocenters. The molecule has 3 aromatic carbocycles. The largest absolute Gasteiger partial charge is 0.497 e. The Morgan fingerprint density at radius 3 is 2.25 bits per heavy atom. The van der Waals surface area contributed by atoms with Crippen LogP contribution in [0.1, 0.15) is 29.5 Å². The van der Waals surface area contributed by atoms with Crippen LogP contribution in [0.25, 0.3) is 10.9 Å². The molecular formula is C31H34N2O3. The molecule has 2 heterocycles. The van der Waals surface area contributed by atoms with Gasteiger partial charge in [-0.15, -0.1) is 0 Å². The van der Waals surface area contributed by atoms with Crippen molar-refractivity contribution in [3.63, 3.8) is 0 Å². The smallest absolute Gasteiger partial charge is 0.122 e. The molecule has 0 saturated carbocycles. The summed E-state index contributed by atoms with van der Waals surface area (Å²) in [6.07, 6.45) is 4.04. The van der Waals surface area contributed by atoms with Crippen LogP contribution in [0, 0.1) is 0 Å². The third-order valence-corrected chi connectivity index (χ3v) is 7.39. The molecule has 0 bridgehead atoms. The first-order valence-electron chi connectivity index (χ1n) is 12.6. The predicted molar refractivity (Wildman–Crippen MR) is 144 cm³/mol. The van der Waals surface area contributed by atoms with E-state index in [9.17, 15) is 0 Å². The van der Waals surface area contributed by atoms with Gasteiger partial charge in [0.05, 0.1) is 33.0 Å². The van der Waals surface area contributed by atoms with Crippen molar-refractivity contribution in [1.82, 2.24) is 9.88 Å². The van der Waals surface area contributed by atoms with E-state index in [2.05, 4.69) is 70.5 Å². The first-order chi connectivity index (χ1) is 17.7. The summed E-state index contributed by atoms with van der Waals surface area (Å²) in [5.41, 5.74) is 4.82. The number of benzene rings is 3. The molecular weight excluding hydrogens is 448 g/mol. The van der Waals surface area contributed by atoms with Crippen molar-refractivity contribution >= 4 is 10.9 Å². The van der Waals surface area contributed by atoms with Crippen LogP contribution in [0.3, 0.4) is 0 Å². The van der Waals surface area contributed by atoms with Crippen LogP contribution >= 0.6 is 0 Å². The van der Waals surface area contributed by atoms with E-state index in [4.69, 9.17) is 14.2 Å². The standard InChI is InChI=1S/C31H34N2O3/c1-34-27-18-24(19-28(20-27)35-2)22-36-23-31(26-8-4-3-5-9-26)13-16-33(17-14-31)21-25-12-15-32-30-11-7-6-10-29(25)30/h3-12,15,18-20H,13-14,16-17,21-23H2,1-2H3. The molecule has 5 heteroatoms. The molecule has 0 unspecified atom stereocenters. The van der Waals surface area contributed by atoms with Crippen molar-refractivity contribution in [3.05, 3.63) is 102 Å². The predicted octanol–water partition coefficient (Wildman–Crippen LogP) is 6.00. The minimum atomic E-state index is 0.00102. The van der Waals surface area contributed by atoms with Gasteiger partial charge in [0.1, 0.15) is 11.5 Å². The molecule has 0 N–H and O–H groups in total. The lowest BCUT2D eigenvalue weighted by Gasteiger charge is -2.42. The van der Waals surface area contributed by atoms with Gasteiger partial charge in [0.25, 0.3) is 0 Å². The molecule has 186 valence electrons. The molecule has 1 saturated heterocycles. The summed E-state index contributed by atoms with van der Waals surface area (Å²) in [6, 6.07) is 27.4. The fourth-order valence-corrected chi connectivity index (χ4v) is 5.30. The molecule has 0 amide bonds. The number of ether oxygens (including phenoxy) is 3. The van der Waals surface area contributed by atoms with E-state index in [0.29, 0.717) is 13.2 Å². The second kappa shape index (κ2) is 11.1. The Bertz CT molecular complexity index is 1260. The van der Waals surface area contributed by atoms with Crippen LogP contribution < -0.4 is 9.47 Å². The maximum Gasteiger partial charge on any atom is 0.122 e. The molecule has 1 aliphatic heterocycles. The van der Waals surface area contributed by atoms with Crippen LogP contribution in [-0.2, 0) is 23.3 Å². The molecule has 1 aliphatic rings. The number of nitrogens with zero attached hydrogens (tertiary/aromatic N) is 2. The molecule has 5 rings (SSSR count). The first kappa shape index (κ1) is 24.3. The first-order valence-corrected chi connectivity index (χ1v) is 12.6. The minimum Gasteiger partial charge on any atom is -0.497 e. The summed E-state index contributed by atoms with van der Waals surface area (Å²) in [5, 5.41) is 1.25. The van der Waals surface area contributed by atoms with Crippen molar-refractivity contribution < 1.29 is 14.2 Å². The Balaban J connectivity index is 1.28. The average molecular weight is 483 g/mol. The number of pyridine rings is 1. The van der Waals surface area contributed by atoms with Gasteiger partial charge in [-0.2, -0.15) is 0 Å². The van der Waals surface area contributed by atoms with E-state index < -0.39 is 0 Å². The van der Waals surface area contributed by atoms with Gasteiger partial charge in [-0.1, -0.05) is 48.5 Å². The van der Waals surface area contributed by atoms with Crippen LogP contribution in [0.2, 0.25) is 0 Å². The average Bonchev–Trinajstić information content (AvgIpc) is 2.94. The quantitative estimate of drug-likeness (QED) is 0.293. The zero-order valence-corrected chi connectivity index (χ0v) is 21.2. The number of rotatable bonds is 9. The third kappa shape index (κ3) is 5.38. The number of methoxy groups -OCH3 is 2. The number of aromatic nitrogens is 1. The highest BCUT2D eigenvalue weighted by Gasteiger charge is 2.36. The summed E-state index contributed by atoms with van der Waals surface area (Å²) in [6.45, 7) is 4.21. The molecule has 5 nitrogen and oxygen atoms in total. The highest BCUT2D eigenvalue weighted by Crippen LogP contribution is 2.37. The Morgan fingerprint density at radius 1 is 0.833 bits per heavy atom. The Hall–Kier alpha value is -3.41. The van der Waals surface area contributed by atoms with Gasteiger partial charge in [-0.05, 0) is 66.9 Å². The molecule has 0 spiro atoms. The summed E-state index contributed by atoms with van der Waals surface area (Å²) >= 11 is 0. The maximum absolute atomic E-state index is 6.39. The zero-order chi connectivity index (χ0) is 24.8. The van der Waals surface area contributed by atoms with Crippen molar-refractivity contribution in [3.8, 4) is 11.5 Å². The van der Waals surface area contributed by atoms with Crippen molar-refractivity contribution in [2.45, 2.75) is 31.4 Å². The number of likely N-dealkylation sites (tertiary alicyclic amines) is 1. The van der Waals surface area contributed by atoms with Crippen molar-refractivity contribution in [2.24, 2.45) is 0 Å². The fraction of sp³-hybridized carbons (Fsp3) is 0.323. The minimum absolute atomic E-state index is 0.00102. The Kier molecular flexibility index (Phi) is 7.49. The number of para-hydroxylation sites is 1. The molecule has 1 aromatic heterocycles. The van der Waals surface area contributed by atoms with Gasteiger partial charge in [0.2, 0.25) is 0 Å². The highest BCUT2D eigenvalue weighted by molar-refractivity contribution is 5.81. The number of hydrogen-bond donors (Lipinski definition) is 0. The van der Waals surface area contributed by atoms with Gasteiger partial charge in [0, 0.05) is 29.6 Å². The van der Waals surface area contributed by atoms with Crippen LogP contribution in [0.15, 0.2) is 85.1 Å². The lowest BCUT2D eigenvalue weighted by atomic mass is 9.73. The van der Waals surface area contributed by atoms with Gasteiger partial charge in [-0.3, -0.25) is 9.88 Å². The van der Waals surface area contributed by atoms with Crippen LogP contribution in [-0.4, -0.2) is 43.8 Å². The molecule has 0 radical (unpaired) electrons. The van der Waals surface area contributed by atoms with Crippen molar-refractivity contribution in [1.29, 1.82) is 0 Å². The molecule has 36 heavy (non-hydrogen) atoms. The second-order valence-corrected chi connectivity index (χ2v) is 9.62. The lowest BCUT2D eigenvalue weighted by molar-refractivity contribution is 0.0346. The molecule has 4 aromatic rings. The van der Waals surface area contributed by atoms with Gasteiger partial charge >= 0.3 is 0 Å². The zero-order valence-electron chi connectivity index (χ0n) is 21.2. The Morgan fingerprint density at radius 2 is 1.53 bits per heavy atom. The van der Waals surface area contributed by atoms with E-state index in [1.807, 2.05) is 24.4 Å². The summed E-state index contributed by atoms with van der Waals surface area (Å²) < 4.78 is 17.2. The van der Waals surface area contributed by atoms with E-state index in [-0.39, 0.29) is 5.41 Å². The van der Waals surface area contributed by atoms with Crippen LogP contribution in [0.4, 0.5) is 0 Å². The van der Waals surface area contributed by atoms with E-state index >= 15 is 0 Å². The number of piperidine rings is 1. The lowest BCUT2D eigenvalue weighted by Crippen LogP contribution is -2.45. The summed E-state index contributed by atoms with van der Waals surface area (Å²) in [5.74, 6) is 1.56. The topological polar surface area (TPSA) is 43.8 Å². The highest BCUT2D eigenvalue weighted by atomic mass is 16.5. The number of fused-ring (bicyclic) bond motifs is 1. The van der Waals surface area contributed by atoms with E-state index in [1.165, 1.54) is 16.5 Å². The third-order valence-electron chi connectivity index (χ3n) is 7.39. The van der Waals surface area contributed by atoms with Gasteiger partial charge < -0.3 is 14.2 Å². The van der Waals surface area contributed by atoms with E-state index in [0.717, 1.165) is 55.1 Å². The fourth-order valence-electron chi connectivity index (χ4n) is 5.30.